The summed E-state index contributed by atoms with van der Waals surface area (Å²) >= 11 is 0. The van der Waals surface area contributed by atoms with Crippen molar-refractivity contribution >= 4 is 17.8 Å². The lowest BCUT2D eigenvalue weighted by atomic mass is 10.2. The Morgan fingerprint density at radius 3 is 2.67 bits per heavy atom. The Labute approximate surface area is 67.2 Å². The number of aliphatic imine (C=N–C) groups is 1. The third-order valence-corrected chi connectivity index (χ3v) is 1.46. The number of rotatable bonds is 1. The van der Waals surface area contributed by atoms with Gasteiger partial charge in [0.05, 0.1) is 0 Å². The Morgan fingerprint density at radius 2 is 2.17 bits per heavy atom. The maximum absolute atomic E-state index is 11.0. The van der Waals surface area contributed by atoms with Gasteiger partial charge in [-0.05, 0) is 5.18 Å². The van der Waals surface area contributed by atoms with Gasteiger partial charge in [-0.2, -0.15) is 4.99 Å². The van der Waals surface area contributed by atoms with Gasteiger partial charge < -0.3 is 5.73 Å². The Hall–Kier alpha value is -1.79. The van der Waals surface area contributed by atoms with Crippen LogP contribution in [-0.2, 0) is 4.79 Å². The molecule has 12 heavy (non-hydrogen) atoms. The van der Waals surface area contributed by atoms with Gasteiger partial charge in [0.15, 0.2) is 0 Å². The molecule has 0 spiro atoms. The highest BCUT2D eigenvalue weighted by Gasteiger charge is 2.34. The van der Waals surface area contributed by atoms with E-state index in [9.17, 15) is 14.5 Å². The highest BCUT2D eigenvalue weighted by Crippen LogP contribution is 2.06. The minimum absolute atomic E-state index is 0.349. The first-order chi connectivity index (χ1) is 5.57. The van der Waals surface area contributed by atoms with E-state index in [4.69, 9.17) is 5.73 Å². The largest absolute Gasteiger partial charge is 0.385 e. The molecule has 0 bridgehead atoms. The molecule has 0 saturated carbocycles. The summed E-state index contributed by atoms with van der Waals surface area (Å²) in [6, 6.07) is -2.13. The van der Waals surface area contributed by atoms with Crippen LogP contribution in [0, 0.1) is 4.91 Å². The molecule has 0 fully saturated rings. The second-order valence-electron chi connectivity index (χ2n) is 2.22. The second kappa shape index (κ2) is 2.68. The van der Waals surface area contributed by atoms with Crippen LogP contribution in [-0.4, -0.2) is 35.8 Å². The maximum atomic E-state index is 11.0. The summed E-state index contributed by atoms with van der Waals surface area (Å²) in [6.45, 7) is 0. The third kappa shape index (κ3) is 1.04. The van der Waals surface area contributed by atoms with Crippen molar-refractivity contribution in [3.8, 4) is 0 Å². The molecule has 2 N–H and O–H groups in total. The van der Waals surface area contributed by atoms with Crippen LogP contribution in [0.4, 0.5) is 4.79 Å². The number of urea groups is 1. The monoisotopic (exact) mass is 170 g/mol. The van der Waals surface area contributed by atoms with Gasteiger partial charge in [0, 0.05) is 7.05 Å². The van der Waals surface area contributed by atoms with Crippen molar-refractivity contribution in [2.75, 3.05) is 7.05 Å². The zero-order chi connectivity index (χ0) is 9.30. The van der Waals surface area contributed by atoms with E-state index in [2.05, 4.69) is 10.2 Å². The first-order valence-corrected chi connectivity index (χ1v) is 3.06. The predicted molar refractivity (Wildman–Crippen MR) is 39.4 cm³/mol. The Bertz CT molecular complexity index is 284. The lowest BCUT2D eigenvalue weighted by molar-refractivity contribution is -0.127. The zero-order valence-electron chi connectivity index (χ0n) is 6.22. The van der Waals surface area contributed by atoms with Crippen LogP contribution in [0.3, 0.4) is 0 Å². The zero-order valence-corrected chi connectivity index (χ0v) is 6.22. The molecule has 0 aromatic rings. The number of nitrogens with two attached hydrogens (primary N) is 1. The highest BCUT2D eigenvalue weighted by atomic mass is 16.3. The van der Waals surface area contributed by atoms with Gasteiger partial charge in [0.1, 0.15) is 5.84 Å². The van der Waals surface area contributed by atoms with E-state index in [1.807, 2.05) is 0 Å². The molecule has 7 heteroatoms. The van der Waals surface area contributed by atoms with Gasteiger partial charge in [-0.25, -0.2) is 4.79 Å². The van der Waals surface area contributed by atoms with Gasteiger partial charge in [-0.3, -0.25) is 9.69 Å². The quantitative estimate of drug-likeness (QED) is 0.513. The van der Waals surface area contributed by atoms with Crippen LogP contribution >= 0.6 is 0 Å². The van der Waals surface area contributed by atoms with Crippen molar-refractivity contribution in [1.82, 2.24) is 4.90 Å². The van der Waals surface area contributed by atoms with Gasteiger partial charge in [-0.1, -0.05) is 0 Å². The van der Waals surface area contributed by atoms with Crippen molar-refractivity contribution < 1.29 is 9.59 Å². The van der Waals surface area contributed by atoms with E-state index in [1.165, 1.54) is 7.05 Å². The molecular formula is C5H6N4O3. The summed E-state index contributed by atoms with van der Waals surface area (Å²) in [5, 5.41) is 2.45. The van der Waals surface area contributed by atoms with E-state index in [1.54, 1.807) is 0 Å². The molecule has 1 aliphatic heterocycles. The number of nitrogens with zero attached hydrogens (tertiary/aromatic N) is 3. The number of nitroso groups, excluding NO2 is 1. The maximum Gasteiger partial charge on any atom is 0.351 e. The standard InChI is InChI=1S/C5H6N4O3/c1-9-4(10)2(8-12)3(6)7-5(9)11/h2H,1H3,(H2,6,7,11). The summed E-state index contributed by atoms with van der Waals surface area (Å²) in [5.41, 5.74) is 5.12. The van der Waals surface area contributed by atoms with Crippen LogP contribution in [0.2, 0.25) is 0 Å². The van der Waals surface area contributed by atoms with Crippen molar-refractivity contribution in [3.63, 3.8) is 0 Å². The molecule has 1 heterocycles. The van der Waals surface area contributed by atoms with Gasteiger partial charge in [0.25, 0.3) is 5.91 Å². The lowest BCUT2D eigenvalue weighted by Crippen LogP contribution is -2.49. The first-order valence-electron chi connectivity index (χ1n) is 3.06. The van der Waals surface area contributed by atoms with Crippen LogP contribution in [0.25, 0.3) is 0 Å². The van der Waals surface area contributed by atoms with Gasteiger partial charge >= 0.3 is 6.03 Å². The molecule has 0 radical (unpaired) electrons. The van der Waals surface area contributed by atoms with Crippen LogP contribution < -0.4 is 5.73 Å². The summed E-state index contributed by atoms with van der Waals surface area (Å²) in [6.07, 6.45) is 0. The Kier molecular flexibility index (Phi) is 1.86. The smallest absolute Gasteiger partial charge is 0.351 e. The average Bonchev–Trinajstić information content (AvgIpc) is 2.01. The van der Waals surface area contributed by atoms with E-state index in [0.717, 1.165) is 0 Å². The predicted octanol–water partition coefficient (Wildman–Crippen LogP) is -0.929. The van der Waals surface area contributed by atoms with E-state index >= 15 is 0 Å². The summed E-state index contributed by atoms with van der Waals surface area (Å²) in [5.74, 6) is -1.10. The minimum atomic E-state index is -1.35. The fourth-order valence-corrected chi connectivity index (χ4v) is 0.750. The van der Waals surface area contributed by atoms with E-state index in [-0.39, 0.29) is 5.84 Å². The number of hydrogen-bond acceptors (Lipinski definition) is 5. The molecule has 3 amide bonds. The number of imide groups is 1. The number of carbonyl (C=O) groups excluding carboxylic acids is 2. The molecule has 1 aliphatic rings. The average molecular weight is 170 g/mol. The van der Waals surface area contributed by atoms with E-state index < -0.39 is 18.0 Å². The molecule has 0 saturated heterocycles. The summed E-state index contributed by atoms with van der Waals surface area (Å²) in [4.78, 5) is 35.8. The van der Waals surface area contributed by atoms with Crippen LogP contribution in [0.1, 0.15) is 0 Å². The number of hydrogen-bond donors (Lipinski definition) is 1. The normalized spacial score (nSPS) is 23.9. The summed E-state index contributed by atoms with van der Waals surface area (Å²) < 4.78 is 0. The third-order valence-electron chi connectivity index (χ3n) is 1.46. The van der Waals surface area contributed by atoms with E-state index in [0.29, 0.717) is 4.90 Å². The number of likely N-dealkylation sites (N-methyl/N-ethyl adjacent to an activating group) is 1. The number of amides is 3. The molecule has 0 aromatic carbocycles. The molecule has 0 aromatic heterocycles. The van der Waals surface area contributed by atoms with Crippen LogP contribution in [0.5, 0.6) is 0 Å². The Morgan fingerprint density at radius 1 is 1.58 bits per heavy atom. The molecule has 64 valence electrons. The lowest BCUT2D eigenvalue weighted by Gasteiger charge is -2.20. The van der Waals surface area contributed by atoms with Crippen molar-refractivity contribution in [1.29, 1.82) is 0 Å². The SMILES string of the molecule is CN1C(=O)N=C(N)C(N=O)C1=O. The highest BCUT2D eigenvalue weighted by molar-refractivity contribution is 6.17. The van der Waals surface area contributed by atoms with Crippen molar-refractivity contribution in [2.24, 2.45) is 15.9 Å². The molecule has 0 aliphatic carbocycles. The van der Waals surface area contributed by atoms with Gasteiger partial charge in [-0.15, -0.1) is 4.91 Å². The fourth-order valence-electron chi connectivity index (χ4n) is 0.750. The second-order valence-corrected chi connectivity index (χ2v) is 2.22. The van der Waals surface area contributed by atoms with Crippen molar-refractivity contribution in [2.45, 2.75) is 6.04 Å². The number of amidine groups is 1. The molecule has 1 rings (SSSR count). The minimum Gasteiger partial charge on any atom is -0.385 e. The van der Waals surface area contributed by atoms with Gasteiger partial charge in [0.2, 0.25) is 6.04 Å². The molecule has 1 unspecified atom stereocenters. The number of carbonyl (C=O) groups is 2. The summed E-state index contributed by atoms with van der Waals surface area (Å²) in [7, 11) is 1.21. The topological polar surface area (TPSA) is 105 Å². The Balaban J connectivity index is 3.07. The first kappa shape index (κ1) is 8.31. The molecule has 1 atom stereocenters. The molecule has 7 nitrogen and oxygen atoms in total. The van der Waals surface area contributed by atoms with Crippen LogP contribution in [0.15, 0.2) is 10.2 Å². The fraction of sp³-hybridized carbons (Fsp3) is 0.400. The molecular weight excluding hydrogens is 164 g/mol. The van der Waals surface area contributed by atoms with Crippen molar-refractivity contribution in [3.05, 3.63) is 4.91 Å².